The highest BCUT2D eigenvalue weighted by molar-refractivity contribution is 7.89. The van der Waals surface area contributed by atoms with E-state index in [-0.39, 0.29) is 22.3 Å². The molecule has 0 bridgehead atoms. The van der Waals surface area contributed by atoms with Crippen LogP contribution < -0.4 is 11.3 Å². The lowest BCUT2D eigenvalue weighted by molar-refractivity contribution is -0.384. The number of anilines is 1. The van der Waals surface area contributed by atoms with Gasteiger partial charge in [-0.25, -0.2) is 8.42 Å². The summed E-state index contributed by atoms with van der Waals surface area (Å²) in [6.45, 7) is 5.00. The summed E-state index contributed by atoms with van der Waals surface area (Å²) in [6.07, 6.45) is 0. The van der Waals surface area contributed by atoms with Crippen LogP contribution in [0.4, 0.5) is 11.4 Å². The van der Waals surface area contributed by atoms with Gasteiger partial charge in [-0.05, 0) is 32.4 Å². The molecule has 0 fully saturated rings. The van der Waals surface area contributed by atoms with Gasteiger partial charge in [0.05, 0.1) is 9.82 Å². The minimum Gasteiger partial charge on any atom is -0.318 e. The van der Waals surface area contributed by atoms with E-state index in [2.05, 4.69) is 5.43 Å². The SMILES string of the molecule is Cc1cc(NN)c([N+](=O)[O-])cc1S(=O)(=O)N(C)C(C)C. The number of benzene rings is 1. The number of nitro benzene ring substituents is 1. The minimum absolute atomic E-state index is 0.0682. The zero-order valence-corrected chi connectivity index (χ0v) is 12.6. The fraction of sp³-hybridized carbons (Fsp3) is 0.455. The van der Waals surface area contributed by atoms with Crippen LogP contribution in [0.15, 0.2) is 17.0 Å². The van der Waals surface area contributed by atoms with Crippen molar-refractivity contribution in [3.8, 4) is 0 Å². The smallest absolute Gasteiger partial charge is 0.295 e. The summed E-state index contributed by atoms with van der Waals surface area (Å²) in [6, 6.07) is 2.11. The van der Waals surface area contributed by atoms with E-state index < -0.39 is 14.9 Å². The molecular formula is C11H18N4O4S. The molecule has 112 valence electrons. The Morgan fingerprint density at radius 2 is 1.95 bits per heavy atom. The fourth-order valence-corrected chi connectivity index (χ4v) is 3.25. The van der Waals surface area contributed by atoms with Crippen LogP contribution in [0.3, 0.4) is 0 Å². The Hall–Kier alpha value is -1.71. The molecule has 0 aliphatic rings. The molecule has 1 aromatic carbocycles. The van der Waals surface area contributed by atoms with Gasteiger partial charge in [-0.3, -0.25) is 16.0 Å². The zero-order valence-electron chi connectivity index (χ0n) is 11.7. The summed E-state index contributed by atoms with van der Waals surface area (Å²) in [4.78, 5) is 10.2. The molecule has 0 aliphatic carbocycles. The third kappa shape index (κ3) is 2.89. The van der Waals surface area contributed by atoms with Crippen molar-refractivity contribution in [3.63, 3.8) is 0 Å². The van der Waals surface area contributed by atoms with E-state index >= 15 is 0 Å². The molecule has 0 radical (unpaired) electrons. The molecule has 0 spiro atoms. The summed E-state index contributed by atoms with van der Waals surface area (Å²) >= 11 is 0. The third-order valence-electron chi connectivity index (χ3n) is 3.03. The quantitative estimate of drug-likeness (QED) is 0.479. The van der Waals surface area contributed by atoms with E-state index in [1.165, 1.54) is 13.1 Å². The molecule has 1 rings (SSSR count). The van der Waals surface area contributed by atoms with E-state index in [0.29, 0.717) is 5.56 Å². The van der Waals surface area contributed by atoms with E-state index in [1.807, 2.05) is 0 Å². The Balaban J connectivity index is 3.54. The summed E-state index contributed by atoms with van der Waals surface area (Å²) in [5.41, 5.74) is 2.27. The average Bonchev–Trinajstić information content (AvgIpc) is 2.36. The molecule has 0 saturated carbocycles. The summed E-state index contributed by atoms with van der Waals surface area (Å²) in [7, 11) is -2.36. The molecular weight excluding hydrogens is 284 g/mol. The minimum atomic E-state index is -3.79. The van der Waals surface area contributed by atoms with Crippen molar-refractivity contribution in [2.75, 3.05) is 12.5 Å². The monoisotopic (exact) mass is 302 g/mol. The van der Waals surface area contributed by atoms with Crippen LogP contribution in [0.2, 0.25) is 0 Å². The Labute approximate surface area is 117 Å². The number of nitrogens with one attached hydrogen (secondary N) is 1. The van der Waals surface area contributed by atoms with Gasteiger partial charge >= 0.3 is 0 Å². The number of nitrogens with two attached hydrogens (primary N) is 1. The first kappa shape index (κ1) is 16.3. The molecule has 0 atom stereocenters. The van der Waals surface area contributed by atoms with Crippen molar-refractivity contribution in [1.29, 1.82) is 0 Å². The van der Waals surface area contributed by atoms with Crippen molar-refractivity contribution in [1.82, 2.24) is 4.31 Å². The van der Waals surface area contributed by atoms with Gasteiger partial charge in [0, 0.05) is 19.2 Å². The molecule has 9 heteroatoms. The van der Waals surface area contributed by atoms with Crippen LogP contribution >= 0.6 is 0 Å². The lowest BCUT2D eigenvalue weighted by Gasteiger charge is -2.22. The third-order valence-corrected chi connectivity index (χ3v) is 5.21. The zero-order chi connectivity index (χ0) is 15.7. The van der Waals surface area contributed by atoms with E-state index in [1.54, 1.807) is 20.8 Å². The maximum atomic E-state index is 12.4. The van der Waals surface area contributed by atoms with Crippen molar-refractivity contribution >= 4 is 21.4 Å². The van der Waals surface area contributed by atoms with Crippen molar-refractivity contribution in [2.45, 2.75) is 31.7 Å². The van der Waals surface area contributed by atoms with Gasteiger partial charge < -0.3 is 5.43 Å². The highest BCUT2D eigenvalue weighted by Gasteiger charge is 2.28. The number of sulfonamides is 1. The van der Waals surface area contributed by atoms with Gasteiger partial charge in [0.2, 0.25) is 10.0 Å². The van der Waals surface area contributed by atoms with Crippen LogP contribution in [0, 0.1) is 17.0 Å². The van der Waals surface area contributed by atoms with Crippen LogP contribution in [0.1, 0.15) is 19.4 Å². The summed E-state index contributed by atoms with van der Waals surface area (Å²) in [5.74, 6) is 5.21. The molecule has 0 amide bonds. The number of nitrogens with zero attached hydrogens (tertiary/aromatic N) is 2. The molecule has 0 saturated heterocycles. The number of hydrogen-bond donors (Lipinski definition) is 2. The van der Waals surface area contributed by atoms with Crippen LogP contribution in [-0.4, -0.2) is 30.7 Å². The van der Waals surface area contributed by atoms with Crippen LogP contribution in [-0.2, 0) is 10.0 Å². The molecule has 0 aromatic heterocycles. The summed E-state index contributed by atoms with van der Waals surface area (Å²) < 4.78 is 26.0. The highest BCUT2D eigenvalue weighted by Crippen LogP contribution is 2.31. The Bertz CT molecular complexity index is 628. The van der Waals surface area contributed by atoms with Gasteiger partial charge in [0.1, 0.15) is 5.69 Å². The standard InChI is InChI=1S/C11H18N4O4S/c1-7(2)14(4)20(18,19)11-6-10(15(16)17)9(13-12)5-8(11)3/h5-7,13H,12H2,1-4H3. The predicted molar refractivity (Wildman–Crippen MR) is 75.7 cm³/mol. The Morgan fingerprint density at radius 1 is 1.40 bits per heavy atom. The maximum Gasteiger partial charge on any atom is 0.295 e. The Kier molecular flexibility index (Phi) is 4.69. The molecule has 0 heterocycles. The van der Waals surface area contributed by atoms with E-state index in [9.17, 15) is 18.5 Å². The lowest BCUT2D eigenvalue weighted by Crippen LogP contribution is -2.33. The first-order valence-corrected chi connectivity index (χ1v) is 7.30. The van der Waals surface area contributed by atoms with Crippen LogP contribution in [0.25, 0.3) is 0 Å². The van der Waals surface area contributed by atoms with Gasteiger partial charge in [0.25, 0.3) is 5.69 Å². The van der Waals surface area contributed by atoms with Gasteiger partial charge in [0.15, 0.2) is 0 Å². The second kappa shape index (κ2) is 5.73. The summed E-state index contributed by atoms with van der Waals surface area (Å²) in [5, 5.41) is 11.0. The maximum absolute atomic E-state index is 12.4. The van der Waals surface area contributed by atoms with Crippen molar-refractivity contribution in [3.05, 3.63) is 27.8 Å². The average molecular weight is 302 g/mol. The predicted octanol–water partition coefficient (Wildman–Crippen LogP) is 1.22. The van der Waals surface area contributed by atoms with Gasteiger partial charge in [-0.1, -0.05) is 0 Å². The highest BCUT2D eigenvalue weighted by atomic mass is 32.2. The molecule has 1 aromatic rings. The molecule has 3 N–H and O–H groups in total. The molecule has 0 unspecified atom stereocenters. The lowest BCUT2D eigenvalue weighted by atomic mass is 10.2. The number of nitrogen functional groups attached to an aromatic ring is 1. The number of hydrazine groups is 1. The van der Waals surface area contributed by atoms with E-state index in [0.717, 1.165) is 10.4 Å². The van der Waals surface area contributed by atoms with Crippen molar-refractivity contribution < 1.29 is 13.3 Å². The fourth-order valence-electron chi connectivity index (χ4n) is 1.65. The topological polar surface area (TPSA) is 119 Å². The number of nitro groups is 1. The number of rotatable bonds is 5. The Morgan fingerprint density at radius 3 is 2.35 bits per heavy atom. The van der Waals surface area contributed by atoms with Crippen LogP contribution in [0.5, 0.6) is 0 Å². The van der Waals surface area contributed by atoms with Crippen molar-refractivity contribution in [2.24, 2.45) is 5.84 Å². The second-order valence-corrected chi connectivity index (χ2v) is 6.62. The molecule has 20 heavy (non-hydrogen) atoms. The second-order valence-electron chi connectivity index (χ2n) is 4.65. The molecule has 8 nitrogen and oxygen atoms in total. The number of aryl methyl sites for hydroxylation is 1. The first-order valence-electron chi connectivity index (χ1n) is 5.86. The van der Waals surface area contributed by atoms with Gasteiger partial charge in [-0.2, -0.15) is 4.31 Å². The normalized spacial score (nSPS) is 11.9. The van der Waals surface area contributed by atoms with E-state index in [4.69, 9.17) is 5.84 Å². The largest absolute Gasteiger partial charge is 0.318 e. The first-order chi connectivity index (χ1) is 9.12. The number of hydrogen-bond acceptors (Lipinski definition) is 6. The molecule has 0 aliphatic heterocycles. The van der Waals surface area contributed by atoms with Gasteiger partial charge in [-0.15, -0.1) is 0 Å².